The average Bonchev–Trinajstić information content (AvgIpc) is 2.54. The van der Waals surface area contributed by atoms with E-state index in [1.54, 1.807) is 0 Å². The van der Waals surface area contributed by atoms with Gasteiger partial charge in [-0.15, -0.1) is 0 Å². The fourth-order valence-electron chi connectivity index (χ4n) is 2.64. The van der Waals surface area contributed by atoms with Gasteiger partial charge in [0.1, 0.15) is 5.69 Å². The molecule has 2 rings (SSSR count). The smallest absolute Gasteiger partial charge is 0.409 e. The number of nitrogens with one attached hydrogen (secondary N) is 1. The highest BCUT2D eigenvalue weighted by Gasteiger charge is 2.25. The standard InChI is InChI=1S/C14H18IN3O6/c15-10-7-13(18(22)23)11(16-14(20)21)8-12(10)17-3-1-9(2-4-17)24-6-5-19/h7-9,16,19H,1-6H2,(H,20,21). The van der Waals surface area contributed by atoms with Crippen molar-refractivity contribution >= 4 is 45.7 Å². The minimum atomic E-state index is -1.35. The number of nitro groups is 1. The summed E-state index contributed by atoms with van der Waals surface area (Å²) in [6.45, 7) is 1.68. The Morgan fingerprint density at radius 2 is 2.12 bits per heavy atom. The Balaban J connectivity index is 2.18. The van der Waals surface area contributed by atoms with Crippen molar-refractivity contribution in [3.8, 4) is 0 Å². The van der Waals surface area contributed by atoms with E-state index in [4.69, 9.17) is 14.9 Å². The number of anilines is 2. The van der Waals surface area contributed by atoms with E-state index >= 15 is 0 Å². The van der Waals surface area contributed by atoms with Crippen LogP contribution in [0.3, 0.4) is 0 Å². The molecule has 3 N–H and O–H groups in total. The van der Waals surface area contributed by atoms with Crippen LogP contribution < -0.4 is 10.2 Å². The molecular weight excluding hydrogens is 433 g/mol. The second-order valence-corrected chi connectivity index (χ2v) is 6.45. The van der Waals surface area contributed by atoms with Crippen LogP contribution in [0.4, 0.5) is 21.9 Å². The van der Waals surface area contributed by atoms with Crippen LogP contribution in [0.15, 0.2) is 12.1 Å². The quantitative estimate of drug-likeness (QED) is 0.344. The molecule has 1 saturated heterocycles. The van der Waals surface area contributed by atoms with Crippen molar-refractivity contribution in [2.45, 2.75) is 18.9 Å². The van der Waals surface area contributed by atoms with Gasteiger partial charge < -0.3 is 19.8 Å². The van der Waals surface area contributed by atoms with Gasteiger partial charge in [0.2, 0.25) is 0 Å². The third kappa shape index (κ3) is 4.68. The van der Waals surface area contributed by atoms with Crippen LogP contribution in [0.25, 0.3) is 0 Å². The Bertz CT molecular complexity index is 619. The molecule has 24 heavy (non-hydrogen) atoms. The first kappa shape index (κ1) is 18.7. The first-order valence-electron chi connectivity index (χ1n) is 7.37. The molecule has 1 aliphatic rings. The second-order valence-electron chi connectivity index (χ2n) is 5.29. The lowest BCUT2D eigenvalue weighted by Crippen LogP contribution is -2.37. The molecule has 0 radical (unpaired) electrons. The fraction of sp³-hybridized carbons (Fsp3) is 0.500. The van der Waals surface area contributed by atoms with Gasteiger partial charge in [-0.25, -0.2) is 4.79 Å². The van der Waals surface area contributed by atoms with E-state index in [0.717, 1.165) is 18.5 Å². The molecule has 132 valence electrons. The summed E-state index contributed by atoms with van der Waals surface area (Å²) in [4.78, 5) is 23.4. The van der Waals surface area contributed by atoms with Gasteiger partial charge in [0, 0.05) is 22.7 Å². The molecule has 0 atom stereocenters. The molecule has 0 bridgehead atoms. The molecule has 1 aliphatic heterocycles. The molecule has 0 aliphatic carbocycles. The van der Waals surface area contributed by atoms with Gasteiger partial charge >= 0.3 is 6.09 Å². The van der Waals surface area contributed by atoms with Gasteiger partial charge in [0.15, 0.2) is 0 Å². The third-order valence-corrected chi connectivity index (χ3v) is 4.59. The van der Waals surface area contributed by atoms with Crippen LogP contribution in [0.2, 0.25) is 0 Å². The topological polar surface area (TPSA) is 125 Å². The highest BCUT2D eigenvalue weighted by atomic mass is 127. The number of rotatable bonds is 6. The van der Waals surface area contributed by atoms with E-state index in [1.807, 2.05) is 22.6 Å². The molecule has 1 heterocycles. The molecule has 0 unspecified atom stereocenters. The van der Waals surface area contributed by atoms with Crippen LogP contribution in [0.1, 0.15) is 12.8 Å². The molecule has 10 heteroatoms. The molecule has 1 aromatic carbocycles. The molecule has 0 spiro atoms. The number of benzene rings is 1. The predicted octanol–water partition coefficient (Wildman–Crippen LogP) is 2.27. The zero-order valence-electron chi connectivity index (χ0n) is 12.8. The van der Waals surface area contributed by atoms with Gasteiger partial charge in [-0.2, -0.15) is 0 Å². The third-order valence-electron chi connectivity index (χ3n) is 3.73. The maximum absolute atomic E-state index is 11.1. The summed E-state index contributed by atoms with van der Waals surface area (Å²) in [6.07, 6.45) is 0.283. The number of carbonyl (C=O) groups is 1. The number of nitrogens with zero attached hydrogens (tertiary/aromatic N) is 2. The number of hydrogen-bond donors (Lipinski definition) is 3. The number of nitro benzene ring substituents is 1. The summed E-state index contributed by atoms with van der Waals surface area (Å²) in [7, 11) is 0. The number of carboxylic acid groups (broad SMARTS) is 1. The zero-order chi connectivity index (χ0) is 17.7. The summed E-state index contributed by atoms with van der Waals surface area (Å²) in [6, 6.07) is 2.87. The summed E-state index contributed by atoms with van der Waals surface area (Å²) in [5.41, 5.74) is 0.443. The molecule has 1 fully saturated rings. The van der Waals surface area contributed by atoms with Gasteiger partial charge in [-0.1, -0.05) is 0 Å². The number of hydrogen-bond acceptors (Lipinski definition) is 6. The van der Waals surface area contributed by atoms with E-state index in [2.05, 4.69) is 10.2 Å². The lowest BCUT2D eigenvalue weighted by molar-refractivity contribution is -0.384. The molecule has 9 nitrogen and oxygen atoms in total. The lowest BCUT2D eigenvalue weighted by Gasteiger charge is -2.34. The fourth-order valence-corrected chi connectivity index (χ4v) is 3.43. The van der Waals surface area contributed by atoms with E-state index in [-0.39, 0.29) is 24.1 Å². The van der Waals surface area contributed by atoms with Gasteiger partial charge in [-0.3, -0.25) is 15.4 Å². The number of amides is 1. The van der Waals surface area contributed by atoms with Crippen LogP contribution >= 0.6 is 22.6 Å². The normalized spacial score (nSPS) is 15.3. The summed E-state index contributed by atoms with van der Waals surface area (Å²) in [5, 5.41) is 30.9. The Morgan fingerprint density at radius 3 is 2.67 bits per heavy atom. The SMILES string of the molecule is O=C(O)Nc1cc(N2CCC(OCCO)CC2)c(I)cc1[N+](=O)[O-]. The number of piperidine rings is 1. The van der Waals surface area contributed by atoms with E-state index < -0.39 is 11.0 Å². The Labute approximate surface area is 151 Å². The molecule has 1 amide bonds. The predicted molar refractivity (Wildman–Crippen MR) is 95.7 cm³/mol. The van der Waals surface area contributed by atoms with Crippen LogP contribution in [-0.4, -0.2) is 53.6 Å². The van der Waals surface area contributed by atoms with Gasteiger partial charge in [0.05, 0.1) is 29.9 Å². The van der Waals surface area contributed by atoms with Crippen LogP contribution in [0, 0.1) is 13.7 Å². The molecular formula is C14H18IN3O6. The lowest BCUT2D eigenvalue weighted by atomic mass is 10.1. The van der Waals surface area contributed by atoms with Crippen molar-refractivity contribution in [2.75, 3.05) is 36.5 Å². The zero-order valence-corrected chi connectivity index (χ0v) is 14.9. The van der Waals surface area contributed by atoms with Crippen LogP contribution in [-0.2, 0) is 4.74 Å². The van der Waals surface area contributed by atoms with E-state index in [9.17, 15) is 14.9 Å². The maximum atomic E-state index is 11.1. The van der Waals surface area contributed by atoms with Crippen molar-refractivity contribution in [1.29, 1.82) is 0 Å². The summed E-state index contributed by atoms with van der Waals surface area (Å²) in [5.74, 6) is 0. The maximum Gasteiger partial charge on any atom is 0.409 e. The number of ether oxygens (including phenoxy) is 1. The van der Waals surface area contributed by atoms with Gasteiger partial charge in [0.25, 0.3) is 5.69 Å². The van der Waals surface area contributed by atoms with E-state index in [1.165, 1.54) is 12.1 Å². The van der Waals surface area contributed by atoms with Crippen molar-refractivity contribution in [2.24, 2.45) is 0 Å². The van der Waals surface area contributed by atoms with Crippen molar-refractivity contribution < 1.29 is 24.7 Å². The highest BCUT2D eigenvalue weighted by Crippen LogP contribution is 2.35. The molecule has 0 aromatic heterocycles. The van der Waals surface area contributed by atoms with E-state index in [0.29, 0.717) is 23.3 Å². The highest BCUT2D eigenvalue weighted by molar-refractivity contribution is 14.1. The average molecular weight is 451 g/mol. The second kappa shape index (κ2) is 8.44. The van der Waals surface area contributed by atoms with Crippen molar-refractivity contribution in [3.05, 3.63) is 25.8 Å². The first-order valence-corrected chi connectivity index (χ1v) is 8.45. The van der Waals surface area contributed by atoms with Crippen molar-refractivity contribution in [1.82, 2.24) is 0 Å². The number of halogens is 1. The minimum Gasteiger partial charge on any atom is -0.465 e. The molecule has 1 aromatic rings. The Kier molecular flexibility index (Phi) is 6.57. The summed E-state index contributed by atoms with van der Waals surface area (Å²) < 4.78 is 6.20. The van der Waals surface area contributed by atoms with Gasteiger partial charge in [-0.05, 0) is 41.5 Å². The van der Waals surface area contributed by atoms with Crippen molar-refractivity contribution in [3.63, 3.8) is 0 Å². The van der Waals surface area contributed by atoms with Crippen LogP contribution in [0.5, 0.6) is 0 Å². The number of aliphatic hydroxyl groups is 1. The largest absolute Gasteiger partial charge is 0.465 e. The monoisotopic (exact) mass is 451 g/mol. The minimum absolute atomic E-state index is 0.00924. The molecule has 0 saturated carbocycles. The number of aliphatic hydroxyl groups excluding tert-OH is 1. The Morgan fingerprint density at radius 1 is 1.46 bits per heavy atom. The summed E-state index contributed by atoms with van der Waals surface area (Å²) >= 11 is 2.01. The Hall–Kier alpha value is -1.66. The first-order chi connectivity index (χ1) is 11.4.